The summed E-state index contributed by atoms with van der Waals surface area (Å²) in [6, 6.07) is 4.88. The molecular weight excluding hydrogens is 391 g/mol. The second kappa shape index (κ2) is 7.58. The van der Waals surface area contributed by atoms with Gasteiger partial charge in [-0.2, -0.15) is 4.98 Å². The molecule has 0 spiro atoms. The fourth-order valence-electron chi connectivity index (χ4n) is 2.63. The van der Waals surface area contributed by atoms with Crippen LogP contribution in [0.5, 0.6) is 0 Å². The number of nitrogens with zero attached hydrogens (tertiary/aromatic N) is 3. The molecule has 144 valence electrons. The number of halogens is 2. The highest BCUT2D eigenvalue weighted by atomic mass is 35.5. The van der Waals surface area contributed by atoms with E-state index < -0.39 is 11.4 Å². The molecular formula is C17H20Cl2N6O2. The van der Waals surface area contributed by atoms with E-state index in [1.165, 1.54) is 11.1 Å². The van der Waals surface area contributed by atoms with Crippen molar-refractivity contribution in [2.75, 3.05) is 22.5 Å². The summed E-state index contributed by atoms with van der Waals surface area (Å²) < 4.78 is 0. The van der Waals surface area contributed by atoms with Gasteiger partial charge in [-0.3, -0.25) is 9.69 Å². The Labute approximate surface area is 167 Å². The van der Waals surface area contributed by atoms with Crippen LogP contribution in [0.25, 0.3) is 0 Å². The molecule has 8 nitrogen and oxygen atoms in total. The normalized spacial score (nSPS) is 15.1. The third kappa shape index (κ3) is 4.40. The predicted octanol–water partition coefficient (Wildman–Crippen LogP) is 3.00. The molecule has 0 aliphatic carbocycles. The van der Waals surface area contributed by atoms with Gasteiger partial charge in [0.25, 0.3) is 5.91 Å². The molecule has 1 aromatic carbocycles. The molecule has 1 saturated heterocycles. The van der Waals surface area contributed by atoms with E-state index in [0.717, 1.165) is 5.56 Å². The smallest absolute Gasteiger partial charge is 0.324 e. The maximum atomic E-state index is 12.5. The van der Waals surface area contributed by atoms with Crippen LogP contribution in [-0.2, 0) is 0 Å². The van der Waals surface area contributed by atoms with E-state index in [9.17, 15) is 9.59 Å². The van der Waals surface area contributed by atoms with Gasteiger partial charge < -0.3 is 16.4 Å². The number of hydrogen-bond donors (Lipinski definition) is 3. The summed E-state index contributed by atoms with van der Waals surface area (Å²) in [6.45, 7) is 6.04. The van der Waals surface area contributed by atoms with Crippen LogP contribution in [0.3, 0.4) is 0 Å². The lowest BCUT2D eigenvalue weighted by molar-refractivity contribution is 0.102. The minimum atomic E-state index is -0.453. The Kier molecular flexibility index (Phi) is 5.82. The fraction of sp³-hybridized carbons (Fsp3) is 0.294. The molecule has 0 unspecified atom stereocenters. The zero-order valence-electron chi connectivity index (χ0n) is 15.0. The largest absolute Gasteiger partial charge is 0.383 e. The van der Waals surface area contributed by atoms with Crippen LogP contribution >= 0.6 is 24.0 Å². The van der Waals surface area contributed by atoms with Gasteiger partial charge in [-0.05, 0) is 38.5 Å². The van der Waals surface area contributed by atoms with Crippen molar-refractivity contribution in [2.45, 2.75) is 26.3 Å². The first kappa shape index (κ1) is 20.7. The molecule has 1 aromatic heterocycles. The van der Waals surface area contributed by atoms with E-state index in [0.29, 0.717) is 17.3 Å². The van der Waals surface area contributed by atoms with Gasteiger partial charge in [0.05, 0.1) is 12.1 Å². The van der Waals surface area contributed by atoms with Crippen molar-refractivity contribution in [2.24, 2.45) is 0 Å². The molecule has 3 amide bonds. The molecule has 1 fully saturated rings. The Bertz CT molecular complexity index is 903. The Morgan fingerprint density at radius 1 is 1.41 bits per heavy atom. The monoisotopic (exact) mass is 410 g/mol. The van der Waals surface area contributed by atoms with Crippen LogP contribution in [0.2, 0.25) is 5.02 Å². The highest BCUT2D eigenvalue weighted by Gasteiger charge is 2.37. The molecule has 0 saturated carbocycles. The maximum Gasteiger partial charge on any atom is 0.324 e. The fourth-order valence-corrected chi connectivity index (χ4v) is 2.81. The third-order valence-electron chi connectivity index (χ3n) is 3.98. The number of rotatable bonds is 3. The number of carbonyl (C=O) groups excluding carboxylic acids is 2. The van der Waals surface area contributed by atoms with Gasteiger partial charge in [0.1, 0.15) is 11.4 Å². The van der Waals surface area contributed by atoms with E-state index >= 15 is 0 Å². The summed E-state index contributed by atoms with van der Waals surface area (Å²) in [5, 5.41) is 6.07. The molecule has 0 bridgehead atoms. The molecule has 0 radical (unpaired) electrons. The van der Waals surface area contributed by atoms with Gasteiger partial charge in [0.15, 0.2) is 0 Å². The van der Waals surface area contributed by atoms with E-state index in [1.54, 1.807) is 18.2 Å². The number of aromatic nitrogens is 2. The quantitative estimate of drug-likeness (QED) is 0.719. The lowest BCUT2D eigenvalue weighted by atomic mass is 10.1. The van der Waals surface area contributed by atoms with Crippen molar-refractivity contribution in [1.82, 2.24) is 15.3 Å². The summed E-state index contributed by atoms with van der Waals surface area (Å²) in [5.41, 5.74) is 7.08. The first-order chi connectivity index (χ1) is 12.2. The summed E-state index contributed by atoms with van der Waals surface area (Å²) in [6.07, 6.45) is 1.31. The van der Waals surface area contributed by atoms with Gasteiger partial charge in [0, 0.05) is 16.9 Å². The number of nitrogens with two attached hydrogens (primary N) is 1. The van der Waals surface area contributed by atoms with Gasteiger partial charge in [-0.25, -0.2) is 9.78 Å². The molecule has 2 heterocycles. The highest BCUT2D eigenvalue weighted by Crippen LogP contribution is 2.23. The minimum absolute atomic E-state index is 0. The Morgan fingerprint density at radius 2 is 2.11 bits per heavy atom. The van der Waals surface area contributed by atoms with E-state index in [4.69, 9.17) is 17.3 Å². The number of urea groups is 1. The van der Waals surface area contributed by atoms with Crippen LogP contribution in [0.4, 0.5) is 22.2 Å². The lowest BCUT2D eigenvalue weighted by Crippen LogP contribution is -2.36. The Morgan fingerprint density at radius 3 is 2.70 bits per heavy atom. The summed E-state index contributed by atoms with van der Waals surface area (Å²) in [7, 11) is 0. The Hall–Kier alpha value is -2.58. The predicted molar refractivity (Wildman–Crippen MR) is 108 cm³/mol. The van der Waals surface area contributed by atoms with E-state index in [-0.39, 0.29) is 35.8 Å². The third-order valence-corrected chi connectivity index (χ3v) is 4.22. The van der Waals surface area contributed by atoms with Crippen molar-refractivity contribution >= 4 is 53.4 Å². The number of nitrogens with one attached hydrogen (secondary N) is 2. The average molecular weight is 411 g/mol. The first-order valence-corrected chi connectivity index (χ1v) is 8.34. The number of carbonyl (C=O) groups is 2. The lowest BCUT2D eigenvalue weighted by Gasteiger charge is -2.17. The molecule has 1 aliphatic rings. The second-order valence-corrected chi connectivity index (χ2v) is 7.22. The molecule has 3 rings (SSSR count). The topological polar surface area (TPSA) is 113 Å². The maximum absolute atomic E-state index is 12.5. The van der Waals surface area contributed by atoms with E-state index in [2.05, 4.69) is 20.6 Å². The molecule has 1 aliphatic heterocycles. The summed E-state index contributed by atoms with van der Waals surface area (Å²) in [4.78, 5) is 34.2. The number of amides is 3. The highest BCUT2D eigenvalue weighted by molar-refractivity contribution is 6.31. The van der Waals surface area contributed by atoms with Crippen molar-refractivity contribution in [3.63, 3.8) is 0 Å². The summed E-state index contributed by atoms with van der Waals surface area (Å²) >= 11 is 5.96. The molecule has 27 heavy (non-hydrogen) atoms. The van der Waals surface area contributed by atoms with Crippen molar-refractivity contribution < 1.29 is 9.59 Å². The van der Waals surface area contributed by atoms with E-state index in [1.807, 2.05) is 20.8 Å². The molecule has 0 atom stereocenters. The number of benzene rings is 1. The molecule has 10 heteroatoms. The van der Waals surface area contributed by atoms with Crippen LogP contribution in [0.1, 0.15) is 29.8 Å². The average Bonchev–Trinajstić information content (AvgIpc) is 2.83. The van der Waals surface area contributed by atoms with Crippen molar-refractivity contribution in [3.05, 3.63) is 40.5 Å². The number of hydrogen-bond acceptors (Lipinski definition) is 5. The van der Waals surface area contributed by atoms with Crippen LogP contribution in [0, 0.1) is 6.92 Å². The zero-order valence-corrected chi connectivity index (χ0v) is 16.6. The summed E-state index contributed by atoms with van der Waals surface area (Å²) in [5.74, 6) is -0.309. The van der Waals surface area contributed by atoms with Gasteiger partial charge in [-0.1, -0.05) is 17.7 Å². The van der Waals surface area contributed by atoms with Crippen LogP contribution < -0.4 is 21.3 Å². The second-order valence-electron chi connectivity index (χ2n) is 6.78. The van der Waals surface area contributed by atoms with Gasteiger partial charge in [-0.15, -0.1) is 12.4 Å². The number of nitrogen functional groups attached to an aromatic ring is 1. The number of aryl methyl sites for hydroxylation is 1. The van der Waals surface area contributed by atoms with Crippen LogP contribution in [-0.4, -0.2) is 34.0 Å². The van der Waals surface area contributed by atoms with Crippen molar-refractivity contribution in [3.8, 4) is 0 Å². The first-order valence-electron chi connectivity index (χ1n) is 7.96. The Balaban J connectivity index is 0.00000261. The standard InChI is InChI=1S/C17H19ClN6O2.ClH/c1-9-4-5-10(18)6-12(9)21-14(25)11-7-20-15(22-13(11)19)24-8-17(2,3)23-16(24)26;/h4-7H,8H2,1-3H3,(H,21,25)(H,23,26)(H2,19,20,22);1H. The molecule has 4 N–H and O–H groups in total. The minimum Gasteiger partial charge on any atom is -0.383 e. The van der Waals surface area contributed by atoms with Gasteiger partial charge >= 0.3 is 6.03 Å². The molecule has 2 aromatic rings. The van der Waals surface area contributed by atoms with Crippen LogP contribution in [0.15, 0.2) is 24.4 Å². The van der Waals surface area contributed by atoms with Gasteiger partial charge in [0.2, 0.25) is 5.95 Å². The number of anilines is 3. The SMILES string of the molecule is Cc1ccc(Cl)cc1NC(=O)c1cnc(N2CC(C)(C)NC2=O)nc1N.Cl. The zero-order chi connectivity index (χ0) is 19.1. The van der Waals surface area contributed by atoms with Crippen molar-refractivity contribution in [1.29, 1.82) is 0 Å².